The molecule has 3 rings (SSSR count). The van der Waals surface area contributed by atoms with Gasteiger partial charge in [-0.15, -0.1) is 0 Å². The summed E-state index contributed by atoms with van der Waals surface area (Å²) in [7, 11) is 0. The topological polar surface area (TPSA) is 22.1 Å². The van der Waals surface area contributed by atoms with E-state index >= 15 is 0 Å². The zero-order valence-electron chi connectivity index (χ0n) is 21.0. The normalized spacial score (nSPS) is 11.0. The smallest absolute Gasteiger partial charge is 0.132 e. The van der Waals surface area contributed by atoms with E-state index in [4.69, 9.17) is 4.74 Å². The van der Waals surface area contributed by atoms with Crippen LogP contribution in [0.15, 0.2) is 60.8 Å². The molecule has 0 unspecified atom stereocenters. The number of ether oxygens (including phenoxy) is 1. The van der Waals surface area contributed by atoms with Gasteiger partial charge in [-0.05, 0) is 60.7 Å². The quantitative estimate of drug-likeness (QED) is 0.210. The van der Waals surface area contributed by atoms with Crippen LogP contribution in [0.1, 0.15) is 83.6 Å². The first-order chi connectivity index (χ1) is 16.7. The minimum Gasteiger partial charge on any atom is -0.494 e. The van der Waals surface area contributed by atoms with Gasteiger partial charge in [0.15, 0.2) is 0 Å². The molecule has 0 radical (unpaired) electrons. The van der Waals surface area contributed by atoms with Gasteiger partial charge in [0.1, 0.15) is 11.6 Å². The molecule has 0 saturated carbocycles. The van der Waals surface area contributed by atoms with E-state index in [0.29, 0.717) is 11.3 Å². The maximum absolute atomic E-state index is 14.8. The molecule has 182 valence electrons. The van der Waals surface area contributed by atoms with Crippen molar-refractivity contribution in [2.45, 2.75) is 84.5 Å². The van der Waals surface area contributed by atoms with Crippen molar-refractivity contribution in [1.82, 2.24) is 4.98 Å². The molecule has 1 heterocycles. The highest BCUT2D eigenvalue weighted by Gasteiger charge is 2.09. The Morgan fingerprint density at radius 3 is 2.03 bits per heavy atom. The van der Waals surface area contributed by atoms with Gasteiger partial charge in [-0.25, -0.2) is 4.39 Å². The van der Waals surface area contributed by atoms with Gasteiger partial charge >= 0.3 is 0 Å². The van der Waals surface area contributed by atoms with E-state index in [1.807, 2.05) is 42.6 Å². The molecule has 0 N–H and O–H groups in total. The molecule has 3 heteroatoms. The lowest BCUT2D eigenvalue weighted by molar-refractivity contribution is 0.304. The second-order valence-corrected chi connectivity index (χ2v) is 9.20. The van der Waals surface area contributed by atoms with E-state index in [2.05, 4.69) is 31.0 Å². The number of hydrogen-bond acceptors (Lipinski definition) is 2. The van der Waals surface area contributed by atoms with Crippen molar-refractivity contribution < 1.29 is 9.13 Å². The highest BCUT2D eigenvalue weighted by molar-refractivity contribution is 5.67. The molecule has 3 aromatic rings. The standard InChI is InChI=1S/C31H40FNO/c1-3-5-7-9-11-13-25-14-20-29(30(32)23-25)31-21-17-27(24-33-31)26-15-18-28(19-16-26)34-22-12-10-8-6-4-2/h14-21,23-24H,3-13,22H2,1-2H3. The van der Waals surface area contributed by atoms with Crippen molar-refractivity contribution >= 4 is 0 Å². The molecule has 0 atom stereocenters. The predicted octanol–water partition coefficient (Wildman–Crippen LogP) is 9.42. The van der Waals surface area contributed by atoms with Gasteiger partial charge in [0.25, 0.3) is 0 Å². The Bertz CT molecular complexity index is 966. The summed E-state index contributed by atoms with van der Waals surface area (Å²) in [5.74, 6) is 0.707. The molecule has 0 spiro atoms. The lowest BCUT2D eigenvalue weighted by atomic mass is 10.0. The van der Waals surface area contributed by atoms with Gasteiger partial charge in [0.2, 0.25) is 0 Å². The minimum absolute atomic E-state index is 0.192. The first-order valence-electron chi connectivity index (χ1n) is 13.2. The van der Waals surface area contributed by atoms with Crippen molar-refractivity contribution in [1.29, 1.82) is 0 Å². The van der Waals surface area contributed by atoms with E-state index in [1.54, 1.807) is 6.07 Å². The van der Waals surface area contributed by atoms with Crippen LogP contribution in [0, 0.1) is 5.82 Å². The molecule has 2 nitrogen and oxygen atoms in total. The molecule has 2 aromatic carbocycles. The van der Waals surface area contributed by atoms with E-state index in [0.717, 1.165) is 48.3 Å². The molecule has 0 aliphatic rings. The van der Waals surface area contributed by atoms with Crippen LogP contribution >= 0.6 is 0 Å². The van der Waals surface area contributed by atoms with Crippen molar-refractivity contribution in [2.75, 3.05) is 6.61 Å². The minimum atomic E-state index is -0.192. The van der Waals surface area contributed by atoms with Crippen LogP contribution in [-0.2, 0) is 6.42 Å². The Balaban J connectivity index is 1.53. The summed E-state index contributed by atoms with van der Waals surface area (Å²) in [5.41, 5.74) is 4.38. The third-order valence-electron chi connectivity index (χ3n) is 6.35. The number of pyridine rings is 1. The van der Waals surface area contributed by atoms with E-state index in [-0.39, 0.29) is 5.82 Å². The Morgan fingerprint density at radius 2 is 1.38 bits per heavy atom. The largest absolute Gasteiger partial charge is 0.494 e. The third-order valence-corrected chi connectivity index (χ3v) is 6.35. The summed E-state index contributed by atoms with van der Waals surface area (Å²) in [6.07, 6.45) is 15.1. The lowest BCUT2D eigenvalue weighted by Gasteiger charge is -2.09. The fourth-order valence-corrected chi connectivity index (χ4v) is 4.22. The van der Waals surface area contributed by atoms with Crippen molar-refractivity contribution in [3.63, 3.8) is 0 Å². The molecular weight excluding hydrogens is 421 g/mol. The number of nitrogens with zero attached hydrogens (tertiary/aromatic N) is 1. The highest BCUT2D eigenvalue weighted by Crippen LogP contribution is 2.27. The van der Waals surface area contributed by atoms with E-state index in [1.165, 1.54) is 51.4 Å². The van der Waals surface area contributed by atoms with Gasteiger partial charge in [0, 0.05) is 17.3 Å². The van der Waals surface area contributed by atoms with Crippen molar-refractivity contribution in [2.24, 2.45) is 0 Å². The second-order valence-electron chi connectivity index (χ2n) is 9.20. The molecule has 0 bridgehead atoms. The average molecular weight is 462 g/mol. The number of benzene rings is 2. The Kier molecular flexibility index (Phi) is 11.1. The summed E-state index contributed by atoms with van der Waals surface area (Å²) >= 11 is 0. The van der Waals surface area contributed by atoms with Gasteiger partial charge < -0.3 is 4.74 Å². The molecule has 0 aliphatic heterocycles. The summed E-state index contributed by atoms with van der Waals surface area (Å²) in [6, 6.07) is 17.6. The molecular formula is C31H40FNO. The zero-order chi connectivity index (χ0) is 24.0. The van der Waals surface area contributed by atoms with Crippen molar-refractivity contribution in [3.05, 3.63) is 72.2 Å². The molecule has 34 heavy (non-hydrogen) atoms. The van der Waals surface area contributed by atoms with Crippen LogP contribution in [0.25, 0.3) is 22.4 Å². The first kappa shape index (κ1) is 25.9. The second kappa shape index (κ2) is 14.6. The van der Waals surface area contributed by atoms with Gasteiger partial charge in [-0.1, -0.05) is 89.5 Å². The molecule has 1 aromatic heterocycles. The predicted molar refractivity (Wildman–Crippen MR) is 142 cm³/mol. The summed E-state index contributed by atoms with van der Waals surface area (Å²) < 4.78 is 20.6. The van der Waals surface area contributed by atoms with Crippen LogP contribution in [0.3, 0.4) is 0 Å². The summed E-state index contributed by atoms with van der Waals surface area (Å²) in [4.78, 5) is 4.55. The van der Waals surface area contributed by atoms with Crippen LogP contribution in [0.5, 0.6) is 5.75 Å². The van der Waals surface area contributed by atoms with Crippen LogP contribution in [-0.4, -0.2) is 11.6 Å². The lowest BCUT2D eigenvalue weighted by Crippen LogP contribution is -1.97. The Labute approximate surface area is 205 Å². The molecule has 0 amide bonds. The van der Waals surface area contributed by atoms with Gasteiger partial charge in [-0.3, -0.25) is 4.98 Å². The maximum Gasteiger partial charge on any atom is 0.132 e. The SMILES string of the molecule is CCCCCCCOc1ccc(-c2ccc(-c3ccc(CCCCCCC)cc3F)nc2)cc1. The molecule has 0 fully saturated rings. The number of aromatic nitrogens is 1. The van der Waals surface area contributed by atoms with E-state index < -0.39 is 0 Å². The number of aryl methyl sites for hydroxylation is 1. The molecule has 0 saturated heterocycles. The van der Waals surface area contributed by atoms with Gasteiger partial charge in [-0.2, -0.15) is 0 Å². The molecule has 0 aliphatic carbocycles. The van der Waals surface area contributed by atoms with Gasteiger partial charge in [0.05, 0.1) is 12.3 Å². The van der Waals surface area contributed by atoms with Crippen LogP contribution in [0.4, 0.5) is 4.39 Å². The Morgan fingerprint density at radius 1 is 0.706 bits per heavy atom. The summed E-state index contributed by atoms with van der Waals surface area (Å²) in [5, 5.41) is 0. The Hall–Kier alpha value is -2.68. The number of halogens is 1. The van der Waals surface area contributed by atoms with Crippen molar-refractivity contribution in [3.8, 4) is 28.1 Å². The average Bonchev–Trinajstić information content (AvgIpc) is 2.87. The van der Waals surface area contributed by atoms with Crippen LogP contribution < -0.4 is 4.74 Å². The highest BCUT2D eigenvalue weighted by atomic mass is 19.1. The fraction of sp³-hybridized carbons (Fsp3) is 0.452. The first-order valence-corrected chi connectivity index (χ1v) is 13.2. The zero-order valence-corrected chi connectivity index (χ0v) is 21.0. The van der Waals surface area contributed by atoms with E-state index in [9.17, 15) is 4.39 Å². The number of hydrogen-bond donors (Lipinski definition) is 0. The number of rotatable bonds is 15. The van der Waals surface area contributed by atoms with Crippen LogP contribution in [0.2, 0.25) is 0 Å². The monoisotopic (exact) mass is 461 g/mol. The summed E-state index contributed by atoms with van der Waals surface area (Å²) in [6.45, 7) is 5.22. The number of unbranched alkanes of at least 4 members (excludes halogenated alkanes) is 8. The third kappa shape index (κ3) is 8.27. The fourth-order valence-electron chi connectivity index (χ4n) is 4.22. The maximum atomic E-state index is 14.8.